The number of rotatable bonds is 11. The highest BCUT2D eigenvalue weighted by molar-refractivity contribution is 5.94. The summed E-state index contributed by atoms with van der Waals surface area (Å²) in [4.78, 5) is 15.7. The molecule has 0 radical (unpaired) electrons. The Bertz CT molecular complexity index is 857. The molecule has 0 bridgehead atoms. The van der Waals surface area contributed by atoms with E-state index in [9.17, 15) is 4.79 Å². The Labute approximate surface area is 172 Å². The van der Waals surface area contributed by atoms with E-state index < -0.39 is 5.97 Å². The minimum absolute atomic E-state index is 0.410. The molecule has 2 aromatic rings. The van der Waals surface area contributed by atoms with Crippen molar-refractivity contribution in [3.8, 4) is 28.4 Å². The zero-order valence-corrected chi connectivity index (χ0v) is 17.8. The number of hydrogen-bond acceptors (Lipinski definition) is 6. The van der Waals surface area contributed by atoms with Crippen LogP contribution in [-0.2, 0) is 17.7 Å². The van der Waals surface area contributed by atoms with E-state index in [-0.39, 0.29) is 0 Å². The monoisotopic (exact) mass is 402 g/mol. The Kier molecular flexibility index (Phi) is 8.15. The van der Waals surface area contributed by atoms with Gasteiger partial charge in [-0.05, 0) is 37.1 Å². The molecule has 0 fully saturated rings. The summed E-state index contributed by atoms with van der Waals surface area (Å²) in [5, 5.41) is 3.38. The van der Waals surface area contributed by atoms with Crippen molar-refractivity contribution in [3.63, 3.8) is 0 Å². The second kappa shape index (κ2) is 10.6. The summed E-state index contributed by atoms with van der Waals surface area (Å²) in [7, 11) is 6.09. The topological polar surface area (TPSA) is 81.8 Å². The zero-order chi connectivity index (χ0) is 21.4. The van der Waals surface area contributed by atoms with E-state index in [1.807, 2.05) is 12.1 Å². The van der Waals surface area contributed by atoms with Crippen molar-refractivity contribution in [2.24, 2.45) is 0 Å². The van der Waals surface area contributed by atoms with Gasteiger partial charge in [0.2, 0.25) is 5.75 Å². The van der Waals surface area contributed by atoms with E-state index >= 15 is 0 Å². The van der Waals surface area contributed by atoms with Crippen molar-refractivity contribution in [2.45, 2.75) is 26.3 Å². The maximum atomic E-state index is 12.4. The van der Waals surface area contributed by atoms with Gasteiger partial charge in [0.15, 0.2) is 11.5 Å². The number of carbonyl (C=O) groups excluding carboxylic acids is 1. The van der Waals surface area contributed by atoms with Crippen molar-refractivity contribution in [1.82, 2.24) is 10.3 Å². The first kappa shape index (κ1) is 22.4. The fourth-order valence-electron chi connectivity index (χ4n) is 3.37. The van der Waals surface area contributed by atoms with Gasteiger partial charge in [-0.1, -0.05) is 13.0 Å². The number of aromatic nitrogens is 1. The van der Waals surface area contributed by atoms with Crippen molar-refractivity contribution in [2.75, 3.05) is 35.0 Å². The molecule has 0 aliphatic carbocycles. The van der Waals surface area contributed by atoms with E-state index in [1.165, 1.54) is 7.11 Å². The van der Waals surface area contributed by atoms with Gasteiger partial charge in [0, 0.05) is 23.4 Å². The Morgan fingerprint density at radius 1 is 1.14 bits per heavy atom. The number of esters is 1. The van der Waals surface area contributed by atoms with E-state index in [0.717, 1.165) is 35.3 Å². The molecule has 29 heavy (non-hydrogen) atoms. The lowest BCUT2D eigenvalue weighted by molar-refractivity contribution is 0.0593. The van der Waals surface area contributed by atoms with Gasteiger partial charge in [-0.15, -0.1) is 6.58 Å². The normalized spacial score (nSPS) is 10.5. The van der Waals surface area contributed by atoms with Gasteiger partial charge < -0.3 is 29.2 Å². The predicted molar refractivity (Wildman–Crippen MR) is 113 cm³/mol. The standard InChI is InChI=1S/C22H30N2O5/c1-7-9-14-18(15-10-11-17(26-3)21(28-5)20(15)27-4)16(13-23-12-8-2)24-19(14)22(25)29-6/h7,10-11,23-24H,1,8-9,12-13H2,2-6H3. The highest BCUT2D eigenvalue weighted by atomic mass is 16.5. The third-order valence-electron chi connectivity index (χ3n) is 4.62. The Balaban J connectivity index is 2.79. The molecule has 158 valence electrons. The van der Waals surface area contributed by atoms with Crippen molar-refractivity contribution >= 4 is 5.97 Å². The molecular formula is C22H30N2O5. The summed E-state index contributed by atoms with van der Waals surface area (Å²) in [5.74, 6) is 1.16. The van der Waals surface area contributed by atoms with Crippen LogP contribution < -0.4 is 19.5 Å². The molecule has 2 rings (SSSR count). The van der Waals surface area contributed by atoms with Crippen LogP contribution in [0.1, 0.15) is 35.1 Å². The molecular weight excluding hydrogens is 372 g/mol. The fraction of sp³-hybridized carbons (Fsp3) is 0.409. The summed E-state index contributed by atoms with van der Waals surface area (Å²) < 4.78 is 21.6. The molecule has 7 nitrogen and oxygen atoms in total. The lowest BCUT2D eigenvalue weighted by Crippen LogP contribution is -2.15. The maximum Gasteiger partial charge on any atom is 0.354 e. The molecule has 1 aromatic carbocycles. The zero-order valence-electron chi connectivity index (χ0n) is 17.8. The van der Waals surface area contributed by atoms with E-state index in [2.05, 4.69) is 23.8 Å². The van der Waals surface area contributed by atoms with Crippen LogP contribution in [0.3, 0.4) is 0 Å². The summed E-state index contributed by atoms with van der Waals surface area (Å²) in [6.45, 7) is 7.36. The average Bonchev–Trinajstić information content (AvgIpc) is 3.10. The Morgan fingerprint density at radius 2 is 1.86 bits per heavy atom. The number of H-pyrrole nitrogens is 1. The second-order valence-electron chi connectivity index (χ2n) is 6.38. The quantitative estimate of drug-likeness (QED) is 0.339. The smallest absolute Gasteiger partial charge is 0.354 e. The molecule has 7 heteroatoms. The molecule has 0 saturated carbocycles. The van der Waals surface area contributed by atoms with Gasteiger partial charge in [-0.2, -0.15) is 0 Å². The van der Waals surface area contributed by atoms with Gasteiger partial charge in [0.25, 0.3) is 0 Å². The number of aromatic amines is 1. The highest BCUT2D eigenvalue weighted by Gasteiger charge is 2.27. The minimum Gasteiger partial charge on any atom is -0.493 e. The number of nitrogens with one attached hydrogen (secondary N) is 2. The molecule has 0 aliphatic heterocycles. The Hall–Kier alpha value is -2.93. The van der Waals surface area contributed by atoms with Crippen molar-refractivity contribution in [3.05, 3.63) is 41.7 Å². The maximum absolute atomic E-state index is 12.4. The predicted octanol–water partition coefficient (Wildman–Crippen LogP) is 3.72. The third kappa shape index (κ3) is 4.56. The van der Waals surface area contributed by atoms with Crippen molar-refractivity contribution < 1.29 is 23.7 Å². The van der Waals surface area contributed by atoms with E-state index in [1.54, 1.807) is 27.4 Å². The molecule has 2 N–H and O–H groups in total. The molecule has 0 aliphatic rings. The van der Waals surface area contributed by atoms with Crippen LogP contribution in [0.5, 0.6) is 17.2 Å². The largest absolute Gasteiger partial charge is 0.493 e. The van der Waals surface area contributed by atoms with Crippen LogP contribution in [-0.4, -0.2) is 45.9 Å². The lowest BCUT2D eigenvalue weighted by atomic mass is 9.96. The second-order valence-corrected chi connectivity index (χ2v) is 6.38. The first-order valence-corrected chi connectivity index (χ1v) is 9.50. The first-order chi connectivity index (χ1) is 14.1. The number of allylic oxidation sites excluding steroid dienone is 1. The highest BCUT2D eigenvalue weighted by Crippen LogP contribution is 2.46. The summed E-state index contributed by atoms with van der Waals surface area (Å²) in [5.41, 5.74) is 3.73. The summed E-state index contributed by atoms with van der Waals surface area (Å²) in [6.07, 6.45) is 3.25. The number of hydrogen-bond donors (Lipinski definition) is 2. The van der Waals surface area contributed by atoms with Crippen LogP contribution in [0.25, 0.3) is 11.1 Å². The van der Waals surface area contributed by atoms with Gasteiger partial charge in [0.05, 0.1) is 28.4 Å². The first-order valence-electron chi connectivity index (χ1n) is 9.50. The van der Waals surface area contributed by atoms with E-state index in [0.29, 0.717) is 35.9 Å². The molecule has 0 unspecified atom stereocenters. The summed E-state index contributed by atoms with van der Waals surface area (Å²) in [6, 6.07) is 3.72. The summed E-state index contributed by atoms with van der Waals surface area (Å²) >= 11 is 0. The van der Waals surface area contributed by atoms with Gasteiger partial charge >= 0.3 is 5.97 Å². The van der Waals surface area contributed by atoms with Crippen LogP contribution in [0.15, 0.2) is 24.8 Å². The molecule has 0 spiro atoms. The molecule has 1 heterocycles. The van der Waals surface area contributed by atoms with Crippen LogP contribution in [0.4, 0.5) is 0 Å². The molecule has 0 saturated heterocycles. The fourth-order valence-corrected chi connectivity index (χ4v) is 3.37. The molecule has 0 atom stereocenters. The number of carbonyl (C=O) groups is 1. The number of benzene rings is 1. The number of methoxy groups -OCH3 is 4. The van der Waals surface area contributed by atoms with Gasteiger partial charge in [-0.25, -0.2) is 4.79 Å². The van der Waals surface area contributed by atoms with Crippen molar-refractivity contribution in [1.29, 1.82) is 0 Å². The minimum atomic E-state index is -0.427. The van der Waals surface area contributed by atoms with Gasteiger partial charge in [0.1, 0.15) is 5.69 Å². The van der Waals surface area contributed by atoms with Crippen LogP contribution >= 0.6 is 0 Å². The SMILES string of the molecule is C=CCc1c(C(=O)OC)[nH]c(CNCCC)c1-c1ccc(OC)c(OC)c1OC. The molecule has 0 amide bonds. The Morgan fingerprint density at radius 3 is 2.41 bits per heavy atom. The number of ether oxygens (including phenoxy) is 4. The van der Waals surface area contributed by atoms with Crippen LogP contribution in [0.2, 0.25) is 0 Å². The third-order valence-corrected chi connectivity index (χ3v) is 4.62. The lowest BCUT2D eigenvalue weighted by Gasteiger charge is -2.17. The van der Waals surface area contributed by atoms with E-state index in [4.69, 9.17) is 18.9 Å². The average molecular weight is 402 g/mol. The molecule has 1 aromatic heterocycles. The van der Waals surface area contributed by atoms with Gasteiger partial charge in [-0.3, -0.25) is 0 Å². The van der Waals surface area contributed by atoms with Crippen LogP contribution in [0, 0.1) is 0 Å².